The van der Waals surface area contributed by atoms with Crippen molar-refractivity contribution in [3.05, 3.63) is 75.9 Å². The Morgan fingerprint density at radius 1 is 1.15 bits per heavy atom. The Labute approximate surface area is 195 Å². The minimum atomic E-state index is -1.26. The van der Waals surface area contributed by atoms with E-state index >= 15 is 0 Å². The van der Waals surface area contributed by atoms with Crippen molar-refractivity contribution in [1.29, 1.82) is 0 Å². The van der Waals surface area contributed by atoms with Crippen molar-refractivity contribution in [3.63, 3.8) is 0 Å². The van der Waals surface area contributed by atoms with E-state index in [1.165, 1.54) is 0 Å². The smallest absolute Gasteiger partial charge is 0.325 e. The Morgan fingerprint density at radius 3 is 2.52 bits per heavy atom. The quantitative estimate of drug-likeness (QED) is 0.511. The number of benzene rings is 1. The van der Waals surface area contributed by atoms with Crippen LogP contribution in [-0.4, -0.2) is 41.3 Å². The number of thiophene rings is 1. The van der Waals surface area contributed by atoms with Crippen LogP contribution in [-0.2, 0) is 28.2 Å². The van der Waals surface area contributed by atoms with E-state index in [4.69, 9.17) is 9.15 Å². The van der Waals surface area contributed by atoms with Crippen molar-refractivity contribution in [2.75, 3.05) is 13.7 Å². The number of aryl methyl sites for hydroxylation is 1. The zero-order chi connectivity index (χ0) is 23.6. The molecule has 172 valence electrons. The maximum atomic E-state index is 13.3. The van der Waals surface area contributed by atoms with Crippen LogP contribution in [0.2, 0.25) is 0 Å². The van der Waals surface area contributed by atoms with E-state index in [9.17, 15) is 14.4 Å². The summed E-state index contributed by atoms with van der Waals surface area (Å²) >= 11 is 1.60. The predicted molar refractivity (Wildman–Crippen MR) is 123 cm³/mol. The van der Waals surface area contributed by atoms with Gasteiger partial charge in [0.25, 0.3) is 5.91 Å². The van der Waals surface area contributed by atoms with E-state index in [1.54, 1.807) is 72.9 Å². The highest BCUT2D eigenvalue weighted by Gasteiger charge is 2.49. The lowest BCUT2D eigenvalue weighted by Crippen LogP contribution is -2.44. The molecule has 0 radical (unpaired) electrons. The van der Waals surface area contributed by atoms with Gasteiger partial charge in [-0.25, -0.2) is 4.79 Å². The first kappa shape index (κ1) is 22.6. The second-order valence-electron chi connectivity index (χ2n) is 8.02. The van der Waals surface area contributed by atoms with E-state index in [0.29, 0.717) is 23.6 Å². The molecule has 0 spiro atoms. The molecule has 1 aliphatic rings. The number of furan rings is 1. The van der Waals surface area contributed by atoms with Gasteiger partial charge < -0.3 is 19.4 Å². The third kappa shape index (κ3) is 4.63. The SMILES string of the molecule is COc1ccc(C2(C)NC(=O)N(CC(=O)N(Cc3ccco3)Cc3ccc(C)s3)C2=O)cc1. The van der Waals surface area contributed by atoms with Crippen LogP contribution in [0, 0.1) is 6.92 Å². The molecule has 1 unspecified atom stereocenters. The topological polar surface area (TPSA) is 92.1 Å². The fourth-order valence-electron chi connectivity index (χ4n) is 3.78. The van der Waals surface area contributed by atoms with Gasteiger partial charge >= 0.3 is 6.03 Å². The number of carbonyl (C=O) groups is 3. The molecule has 1 fully saturated rings. The van der Waals surface area contributed by atoms with Crippen molar-refractivity contribution in [2.24, 2.45) is 0 Å². The molecule has 1 saturated heterocycles. The zero-order valence-corrected chi connectivity index (χ0v) is 19.5. The molecule has 4 amide bonds. The molecule has 2 aromatic heterocycles. The number of hydrogen-bond donors (Lipinski definition) is 1. The van der Waals surface area contributed by atoms with Crippen molar-refractivity contribution in [3.8, 4) is 5.75 Å². The van der Waals surface area contributed by atoms with E-state index < -0.39 is 17.5 Å². The van der Waals surface area contributed by atoms with Crippen LogP contribution in [0.5, 0.6) is 5.75 Å². The second kappa shape index (κ2) is 9.11. The van der Waals surface area contributed by atoms with Gasteiger partial charge in [0.2, 0.25) is 5.91 Å². The summed E-state index contributed by atoms with van der Waals surface area (Å²) in [6.07, 6.45) is 1.55. The summed E-state index contributed by atoms with van der Waals surface area (Å²) in [5.41, 5.74) is -0.654. The lowest BCUT2D eigenvalue weighted by Gasteiger charge is -2.25. The third-order valence-electron chi connectivity index (χ3n) is 5.66. The lowest BCUT2D eigenvalue weighted by atomic mass is 9.92. The Morgan fingerprint density at radius 2 is 1.91 bits per heavy atom. The number of ether oxygens (including phenoxy) is 1. The normalized spacial score (nSPS) is 17.8. The Hall–Kier alpha value is -3.59. The van der Waals surface area contributed by atoms with Crippen LogP contribution in [0.1, 0.15) is 28.0 Å². The van der Waals surface area contributed by atoms with Gasteiger partial charge in [-0.05, 0) is 55.8 Å². The van der Waals surface area contributed by atoms with Crippen LogP contribution >= 0.6 is 11.3 Å². The summed E-state index contributed by atoms with van der Waals surface area (Å²) in [4.78, 5) is 43.9. The molecule has 0 saturated carbocycles. The molecular weight excluding hydrogens is 442 g/mol. The molecule has 33 heavy (non-hydrogen) atoms. The molecule has 1 N–H and O–H groups in total. The summed E-state index contributed by atoms with van der Waals surface area (Å²) < 4.78 is 10.6. The van der Waals surface area contributed by atoms with Crippen molar-refractivity contribution < 1.29 is 23.5 Å². The Balaban J connectivity index is 1.52. The molecule has 0 bridgehead atoms. The van der Waals surface area contributed by atoms with Gasteiger partial charge in [0.15, 0.2) is 0 Å². The number of nitrogens with one attached hydrogen (secondary N) is 1. The fraction of sp³-hybridized carbons (Fsp3) is 0.292. The van der Waals surface area contributed by atoms with Gasteiger partial charge in [-0.1, -0.05) is 12.1 Å². The molecule has 1 atom stereocenters. The maximum Gasteiger partial charge on any atom is 0.325 e. The Bertz CT molecular complexity index is 1160. The highest BCUT2D eigenvalue weighted by atomic mass is 32.1. The van der Waals surface area contributed by atoms with Gasteiger partial charge in [0.1, 0.15) is 23.6 Å². The number of amides is 4. The molecule has 0 aliphatic carbocycles. The molecule has 8 nitrogen and oxygen atoms in total. The first-order chi connectivity index (χ1) is 15.8. The number of carbonyl (C=O) groups excluding carboxylic acids is 3. The van der Waals surface area contributed by atoms with Crippen molar-refractivity contribution in [1.82, 2.24) is 15.1 Å². The summed E-state index contributed by atoms with van der Waals surface area (Å²) in [6, 6.07) is 13.8. The number of nitrogens with zero attached hydrogens (tertiary/aromatic N) is 2. The molecule has 9 heteroatoms. The van der Waals surface area contributed by atoms with Crippen molar-refractivity contribution in [2.45, 2.75) is 32.5 Å². The van der Waals surface area contributed by atoms with Gasteiger partial charge in [0.05, 0.1) is 26.5 Å². The first-order valence-electron chi connectivity index (χ1n) is 10.4. The Kier molecular flexibility index (Phi) is 6.24. The van der Waals surface area contributed by atoms with E-state index in [1.807, 2.05) is 19.1 Å². The van der Waals surface area contributed by atoms with Crippen LogP contribution in [0.25, 0.3) is 0 Å². The average Bonchev–Trinajstić information content (AvgIpc) is 3.51. The van der Waals surface area contributed by atoms with Gasteiger partial charge in [0, 0.05) is 9.75 Å². The summed E-state index contributed by atoms with van der Waals surface area (Å²) in [7, 11) is 1.55. The third-order valence-corrected chi connectivity index (χ3v) is 6.64. The largest absolute Gasteiger partial charge is 0.497 e. The molecule has 3 aromatic rings. The van der Waals surface area contributed by atoms with Crippen LogP contribution in [0.4, 0.5) is 4.79 Å². The van der Waals surface area contributed by atoms with Gasteiger partial charge in [-0.15, -0.1) is 11.3 Å². The minimum Gasteiger partial charge on any atom is -0.497 e. The first-order valence-corrected chi connectivity index (χ1v) is 11.3. The predicted octanol–water partition coefficient (Wildman–Crippen LogP) is 3.65. The maximum absolute atomic E-state index is 13.3. The molecule has 3 heterocycles. The zero-order valence-electron chi connectivity index (χ0n) is 18.7. The van der Waals surface area contributed by atoms with Gasteiger partial charge in [-0.2, -0.15) is 0 Å². The fourth-order valence-corrected chi connectivity index (χ4v) is 4.68. The van der Waals surface area contributed by atoms with Crippen LogP contribution in [0.15, 0.2) is 59.2 Å². The molecule has 1 aliphatic heterocycles. The molecule has 1 aromatic carbocycles. The molecule has 4 rings (SSSR count). The standard InChI is InChI=1S/C24H25N3O5S/c1-16-6-11-20(33-16)14-26(13-19-5-4-12-32-19)21(28)15-27-22(29)24(2,25-23(27)30)17-7-9-18(31-3)10-8-17/h4-12H,13-15H2,1-3H3,(H,25,30). The summed E-state index contributed by atoms with van der Waals surface area (Å²) in [5.74, 6) is 0.441. The van der Waals surface area contributed by atoms with Crippen LogP contribution < -0.4 is 10.1 Å². The average molecular weight is 468 g/mol. The number of imide groups is 1. The summed E-state index contributed by atoms with van der Waals surface area (Å²) in [5, 5.41) is 2.74. The highest BCUT2D eigenvalue weighted by Crippen LogP contribution is 2.30. The summed E-state index contributed by atoms with van der Waals surface area (Å²) in [6.45, 7) is 3.87. The van der Waals surface area contributed by atoms with Gasteiger partial charge in [-0.3, -0.25) is 14.5 Å². The number of urea groups is 1. The lowest BCUT2D eigenvalue weighted by molar-refractivity contribution is -0.139. The van der Waals surface area contributed by atoms with Crippen molar-refractivity contribution >= 4 is 29.2 Å². The van der Waals surface area contributed by atoms with Crippen LogP contribution in [0.3, 0.4) is 0 Å². The molecular formula is C24H25N3O5S. The monoisotopic (exact) mass is 467 g/mol. The van der Waals surface area contributed by atoms with E-state index in [0.717, 1.165) is 14.7 Å². The highest BCUT2D eigenvalue weighted by molar-refractivity contribution is 7.11. The minimum absolute atomic E-state index is 0.238. The number of hydrogen-bond acceptors (Lipinski definition) is 6. The number of methoxy groups -OCH3 is 1. The second-order valence-corrected chi connectivity index (χ2v) is 9.39. The van der Waals surface area contributed by atoms with E-state index in [-0.39, 0.29) is 19.0 Å². The van der Waals surface area contributed by atoms with E-state index in [2.05, 4.69) is 5.32 Å². The number of rotatable bonds is 8.